The Kier molecular flexibility index (Phi) is 25.2. The van der Waals surface area contributed by atoms with Crippen molar-refractivity contribution in [1.82, 2.24) is 37.9 Å². The van der Waals surface area contributed by atoms with E-state index in [4.69, 9.17) is 30.1 Å². The molecule has 0 bridgehead atoms. The van der Waals surface area contributed by atoms with Gasteiger partial charge in [0.2, 0.25) is 0 Å². The molecule has 0 aliphatic heterocycles. The summed E-state index contributed by atoms with van der Waals surface area (Å²) in [6.45, 7) is 26.6. The second-order valence-corrected chi connectivity index (χ2v) is 24.2. The zero-order valence-electron chi connectivity index (χ0n) is 55.0. The molecule has 0 saturated heterocycles. The molecule has 6 aromatic heterocycles. The van der Waals surface area contributed by atoms with Gasteiger partial charge in [0.1, 0.15) is 5.65 Å². The molecule has 2 N–H and O–H groups in total. The number of hydrogen-bond acceptors (Lipinski definition) is 6. The first-order chi connectivity index (χ1) is 42.7. The van der Waals surface area contributed by atoms with Crippen LogP contribution in [0.1, 0.15) is 173 Å². The second-order valence-electron chi connectivity index (χ2n) is 24.2. The van der Waals surface area contributed by atoms with Crippen LogP contribution in [0.25, 0.3) is 67.0 Å². The Balaban J connectivity index is 0.000000168. The fourth-order valence-electron chi connectivity index (χ4n) is 12.5. The van der Waals surface area contributed by atoms with Crippen molar-refractivity contribution in [2.45, 2.75) is 158 Å². The van der Waals surface area contributed by atoms with Crippen LogP contribution >= 0.6 is 0 Å². The molecular weight excluding hydrogens is 1470 g/mol. The summed E-state index contributed by atoms with van der Waals surface area (Å²) in [7, 11) is 2.00. The molecule has 2 radical (unpaired) electrons. The van der Waals surface area contributed by atoms with E-state index in [1.807, 2.05) is 48.5 Å². The average Bonchev–Trinajstić information content (AvgIpc) is 1.60. The third-order valence-corrected chi connectivity index (χ3v) is 17.2. The van der Waals surface area contributed by atoms with Gasteiger partial charge in [0, 0.05) is 112 Å². The molecule has 0 fully saturated rings. The van der Waals surface area contributed by atoms with Crippen molar-refractivity contribution in [1.29, 1.82) is 0 Å². The van der Waals surface area contributed by atoms with Crippen LogP contribution in [-0.2, 0) is 65.9 Å². The number of para-hydroxylation sites is 2. The molecule has 0 atom stereocenters. The Bertz CT molecular complexity index is 3960. The summed E-state index contributed by atoms with van der Waals surface area (Å²) < 4.78 is 9.22. The minimum Gasteiger partial charge on any atom is -0.400 e. The normalized spacial score (nSPS) is 12.3. The van der Waals surface area contributed by atoms with E-state index in [2.05, 4.69) is 223 Å². The molecule has 0 spiro atoms. The number of imidazole rings is 4. The van der Waals surface area contributed by atoms with E-state index >= 15 is 0 Å². The summed E-state index contributed by atoms with van der Waals surface area (Å²) in [6, 6.07) is 58.5. The molecule has 12 aromatic rings. The maximum absolute atomic E-state index is 7.00. The van der Waals surface area contributed by atoms with Crippen LogP contribution in [0, 0.1) is 45.9 Å². The van der Waals surface area contributed by atoms with Crippen molar-refractivity contribution in [2.24, 2.45) is 0 Å². The van der Waals surface area contributed by atoms with Gasteiger partial charge >= 0.3 is 0 Å². The van der Waals surface area contributed by atoms with Crippen molar-refractivity contribution in [2.75, 3.05) is 14.2 Å². The summed E-state index contributed by atoms with van der Waals surface area (Å²) in [5.74, 6) is 3.75. The molecule has 6 heterocycles. The van der Waals surface area contributed by atoms with Gasteiger partial charge in [-0.2, -0.15) is 0 Å². The summed E-state index contributed by atoms with van der Waals surface area (Å²) in [5, 5.41) is 18.9. The number of benzene rings is 6. The van der Waals surface area contributed by atoms with Gasteiger partial charge in [-0.1, -0.05) is 122 Å². The summed E-state index contributed by atoms with van der Waals surface area (Å²) in [5.41, 5.74) is 22.3. The van der Waals surface area contributed by atoms with Gasteiger partial charge in [0.05, 0.1) is 28.7 Å². The first-order valence-corrected chi connectivity index (χ1v) is 31.6. The van der Waals surface area contributed by atoms with Crippen LogP contribution < -0.4 is 0 Å². The number of pyridine rings is 2. The van der Waals surface area contributed by atoms with Crippen LogP contribution in [0.2, 0.25) is 0 Å². The topological polar surface area (TPSA) is 111 Å². The third-order valence-electron chi connectivity index (χ3n) is 17.2. The fraction of sp³-hybridized carbons (Fsp3) is 0.333. The Hall–Kier alpha value is -7.14. The first kappa shape index (κ1) is 70.3. The Morgan fingerprint density at radius 1 is 0.400 bits per heavy atom. The predicted octanol–water partition coefficient (Wildman–Crippen LogP) is 18.2. The molecule has 0 amide bonds. The van der Waals surface area contributed by atoms with Crippen LogP contribution in [0.3, 0.4) is 0 Å². The maximum Gasteiger partial charge on any atom is 0.145 e. The molecule has 0 saturated carbocycles. The zero-order valence-corrected chi connectivity index (χ0v) is 59.8. The van der Waals surface area contributed by atoms with Gasteiger partial charge in [-0.15, -0.1) is 107 Å². The van der Waals surface area contributed by atoms with Crippen LogP contribution in [0.15, 0.2) is 152 Å². The summed E-state index contributed by atoms with van der Waals surface area (Å²) in [6.07, 6.45) is 14.1. The minimum atomic E-state index is 0. The number of aromatic nitrogens is 8. The van der Waals surface area contributed by atoms with Gasteiger partial charge in [0.25, 0.3) is 0 Å². The SMILES string of the molecule is CO.CO.Cc1nc(-c2[c-]cccc2)n(-c2c(C(C)C)cccc2C(C)C)c1C.Cc1nc(-c2[c-]cccc2)n(-c2c(C(C)C)cccc2C(C)C)c1C.[Ir].[Ir].[c-]1cccc2ccn3c4c(nc3c12)CCCC4.c1ccc2c(c1)ccn1c3c(nc21)CCCC3. The minimum absolute atomic E-state index is 0. The molecule has 6 aromatic carbocycles. The number of hydrogen-bond donors (Lipinski definition) is 2. The van der Waals surface area contributed by atoms with Crippen LogP contribution in [-0.4, -0.2) is 62.3 Å². The Morgan fingerprint density at radius 2 is 0.789 bits per heavy atom. The molecule has 2 aliphatic rings. The quantitative estimate of drug-likeness (QED) is 0.147. The van der Waals surface area contributed by atoms with Gasteiger partial charge in [0.15, 0.2) is 0 Å². The van der Waals surface area contributed by atoms with E-state index in [9.17, 15) is 0 Å². The molecule has 0 unspecified atom stereocenters. The molecule has 2 aliphatic carbocycles. The van der Waals surface area contributed by atoms with E-state index < -0.39 is 0 Å². The first-order valence-electron chi connectivity index (χ1n) is 31.6. The number of aliphatic hydroxyl groups excluding tert-OH is 2. The van der Waals surface area contributed by atoms with E-state index in [1.54, 1.807) is 0 Å². The zero-order chi connectivity index (χ0) is 62.8. The fourth-order valence-corrected chi connectivity index (χ4v) is 12.5. The van der Waals surface area contributed by atoms with Crippen LogP contribution in [0.4, 0.5) is 0 Å². The third kappa shape index (κ3) is 14.8. The van der Waals surface area contributed by atoms with Crippen molar-refractivity contribution in [3.05, 3.63) is 238 Å². The monoisotopic (exact) mass is 1560 g/mol. The number of aliphatic hydroxyl groups is 2. The van der Waals surface area contributed by atoms with Crippen molar-refractivity contribution < 1.29 is 50.4 Å². The number of rotatable bonds is 8. The van der Waals surface area contributed by atoms with Crippen molar-refractivity contribution in [3.63, 3.8) is 0 Å². The van der Waals surface area contributed by atoms with Gasteiger partial charge < -0.3 is 28.1 Å². The molecular formula is C78H89Ir2N8O2-3. The maximum atomic E-state index is 7.00. The van der Waals surface area contributed by atoms with E-state index in [-0.39, 0.29) is 40.2 Å². The predicted molar refractivity (Wildman–Crippen MR) is 365 cm³/mol. The van der Waals surface area contributed by atoms with E-state index in [0.29, 0.717) is 23.7 Å². The number of aryl methyl sites for hydroxylation is 6. The molecule has 12 heteroatoms. The molecule has 14 rings (SSSR count). The second kappa shape index (κ2) is 32.2. The molecule has 474 valence electrons. The largest absolute Gasteiger partial charge is 0.400 e. The van der Waals surface area contributed by atoms with E-state index in [1.165, 1.54) is 116 Å². The van der Waals surface area contributed by atoms with Crippen LogP contribution in [0.5, 0.6) is 0 Å². The van der Waals surface area contributed by atoms with Crippen molar-refractivity contribution in [3.8, 4) is 34.2 Å². The standard InChI is InChI=1S/2C23H27N2.C15H14N2.C15H13N2.2CH4O.2Ir/c2*1-15(2)20-13-10-14-21(16(3)4)22(20)25-18(6)17(5)24-23(25)19-11-8-7-9-12-19;2*1-2-6-12-11(5-1)9-10-17-14-8-4-3-7-13(14)16-15(12)17;2*1-2;;/h2*7-11,13-16H,1-6H3;1-2,5-6,9-10H,3-4,7-8H2;1-2,5,9-10H,3-4,7-8H2;2*2H,1H3;;/q2*-1;;-1;;;;. The Labute approximate surface area is 561 Å². The number of fused-ring (bicyclic) bond motifs is 10. The summed E-state index contributed by atoms with van der Waals surface area (Å²) >= 11 is 0. The van der Waals surface area contributed by atoms with Gasteiger partial charge in [-0.3, -0.25) is 15.0 Å². The Morgan fingerprint density at radius 3 is 1.23 bits per heavy atom. The molecule has 90 heavy (non-hydrogen) atoms. The van der Waals surface area contributed by atoms with Crippen molar-refractivity contribution >= 4 is 32.8 Å². The molecule has 10 nitrogen and oxygen atoms in total. The smallest absolute Gasteiger partial charge is 0.145 e. The van der Waals surface area contributed by atoms with E-state index in [0.717, 1.165) is 84.3 Å². The van der Waals surface area contributed by atoms with Gasteiger partial charge in [-0.05, 0) is 143 Å². The van der Waals surface area contributed by atoms with Gasteiger partial charge in [-0.25, -0.2) is 4.98 Å². The summed E-state index contributed by atoms with van der Waals surface area (Å²) in [4.78, 5) is 19.4. The average molecular weight is 1560 g/mol. The number of nitrogens with zero attached hydrogens (tertiary/aromatic N) is 8.